The second kappa shape index (κ2) is 7.73. The van der Waals surface area contributed by atoms with Gasteiger partial charge >= 0.3 is 0 Å². The van der Waals surface area contributed by atoms with E-state index in [1.54, 1.807) is 12.1 Å². The predicted molar refractivity (Wildman–Crippen MR) is 94.9 cm³/mol. The molecule has 0 bridgehead atoms. The van der Waals surface area contributed by atoms with E-state index < -0.39 is 0 Å². The molecule has 0 amide bonds. The average Bonchev–Trinajstić information content (AvgIpc) is 2.83. The Kier molecular flexibility index (Phi) is 5.44. The van der Waals surface area contributed by atoms with Crippen LogP contribution in [-0.2, 0) is 13.0 Å². The number of aliphatic hydroxyl groups is 1. The number of fused-ring (bicyclic) bond motifs is 1. The molecule has 0 saturated heterocycles. The largest absolute Gasteiger partial charge is 0.510 e. The van der Waals surface area contributed by atoms with Gasteiger partial charge in [-0.1, -0.05) is 18.0 Å². The molecule has 0 radical (unpaired) electrons. The Morgan fingerprint density at radius 2 is 2.04 bits per heavy atom. The highest BCUT2D eigenvalue weighted by molar-refractivity contribution is 7.99. The summed E-state index contributed by atoms with van der Waals surface area (Å²) in [6.07, 6.45) is 4.14. The van der Waals surface area contributed by atoms with Crippen LogP contribution in [0.4, 0.5) is 0 Å². The van der Waals surface area contributed by atoms with E-state index in [4.69, 9.17) is 11.6 Å². The molecule has 0 fully saturated rings. The molecular formula is C17H17ClN4OS. The molecule has 0 atom stereocenters. The number of aromatic nitrogens is 3. The molecule has 1 aromatic heterocycles. The van der Waals surface area contributed by atoms with E-state index in [1.807, 2.05) is 16.7 Å². The highest BCUT2D eigenvalue weighted by atomic mass is 35.5. The molecular weight excluding hydrogens is 344 g/mol. The first-order chi connectivity index (χ1) is 11.7. The van der Waals surface area contributed by atoms with Crippen molar-refractivity contribution in [3.63, 3.8) is 0 Å². The Morgan fingerprint density at radius 1 is 1.25 bits per heavy atom. The number of nitrogens with zero attached hydrogens (tertiary/aromatic N) is 4. The van der Waals surface area contributed by atoms with E-state index in [-0.39, 0.29) is 11.3 Å². The topological polar surface area (TPSA) is 74.7 Å². The predicted octanol–water partition coefficient (Wildman–Crippen LogP) is 4.24. The monoisotopic (exact) mass is 360 g/mol. The molecule has 124 valence electrons. The van der Waals surface area contributed by atoms with Crippen LogP contribution >= 0.6 is 23.4 Å². The third-order valence-corrected chi connectivity index (χ3v) is 5.20. The molecule has 2 heterocycles. The van der Waals surface area contributed by atoms with E-state index in [0.29, 0.717) is 16.6 Å². The maximum atomic E-state index is 10.4. The Morgan fingerprint density at radius 3 is 2.79 bits per heavy atom. The van der Waals surface area contributed by atoms with E-state index in [2.05, 4.69) is 16.3 Å². The summed E-state index contributed by atoms with van der Waals surface area (Å²) < 4.78 is 1.97. The molecule has 1 aliphatic heterocycles. The summed E-state index contributed by atoms with van der Waals surface area (Å²) in [6.45, 7) is 0.792. The first kappa shape index (κ1) is 16.9. The maximum Gasteiger partial charge on any atom is 0.178 e. The van der Waals surface area contributed by atoms with Crippen molar-refractivity contribution >= 4 is 28.9 Å². The van der Waals surface area contributed by atoms with Crippen molar-refractivity contribution in [1.29, 1.82) is 5.26 Å². The van der Waals surface area contributed by atoms with Crippen LogP contribution in [0.1, 0.15) is 30.9 Å². The van der Waals surface area contributed by atoms with Crippen LogP contribution in [0, 0.1) is 11.3 Å². The number of thioether (sulfide) groups is 1. The zero-order valence-corrected chi connectivity index (χ0v) is 14.6. The van der Waals surface area contributed by atoms with Crippen LogP contribution in [0.15, 0.2) is 34.9 Å². The molecule has 3 rings (SSSR count). The van der Waals surface area contributed by atoms with E-state index in [1.165, 1.54) is 11.8 Å². The lowest BCUT2D eigenvalue weighted by Crippen LogP contribution is -2.07. The molecule has 7 heteroatoms. The third-order valence-electron chi connectivity index (χ3n) is 3.92. The lowest BCUT2D eigenvalue weighted by atomic mass is 10.2. The van der Waals surface area contributed by atoms with Gasteiger partial charge in [-0.05, 0) is 37.1 Å². The van der Waals surface area contributed by atoms with Gasteiger partial charge in [0.25, 0.3) is 0 Å². The number of allylic oxidation sites excluding steroid dienone is 1. The summed E-state index contributed by atoms with van der Waals surface area (Å²) >= 11 is 7.31. The summed E-state index contributed by atoms with van der Waals surface area (Å²) in [4.78, 5) is 0.975. The van der Waals surface area contributed by atoms with Gasteiger partial charge in [0.15, 0.2) is 5.82 Å². The Balaban J connectivity index is 1.82. The van der Waals surface area contributed by atoms with Crippen molar-refractivity contribution in [1.82, 2.24) is 14.8 Å². The SMILES string of the molecule is N#C/C(=C(/O)CSc1ccc(Cl)cc1)c1nnc2n1CCCCC2. The summed E-state index contributed by atoms with van der Waals surface area (Å²) in [7, 11) is 0. The minimum Gasteiger partial charge on any atom is -0.510 e. The highest BCUT2D eigenvalue weighted by Gasteiger charge is 2.20. The fourth-order valence-electron chi connectivity index (χ4n) is 2.67. The smallest absolute Gasteiger partial charge is 0.178 e. The zero-order chi connectivity index (χ0) is 16.9. The fourth-order valence-corrected chi connectivity index (χ4v) is 3.57. The minimum atomic E-state index is 0.0249. The molecule has 0 spiro atoms. The quantitative estimate of drug-likeness (QED) is 0.501. The van der Waals surface area contributed by atoms with Gasteiger partial charge in [-0.15, -0.1) is 22.0 Å². The second-order valence-electron chi connectivity index (χ2n) is 5.58. The Labute approximate surface area is 150 Å². The second-order valence-corrected chi connectivity index (χ2v) is 7.06. The summed E-state index contributed by atoms with van der Waals surface area (Å²) in [6, 6.07) is 9.46. The van der Waals surface area contributed by atoms with Gasteiger partial charge in [0.1, 0.15) is 23.2 Å². The molecule has 2 aromatic rings. The van der Waals surface area contributed by atoms with Crippen molar-refractivity contribution in [3.8, 4) is 6.07 Å². The van der Waals surface area contributed by atoms with E-state index in [0.717, 1.165) is 42.9 Å². The molecule has 0 unspecified atom stereocenters. The summed E-state index contributed by atoms with van der Waals surface area (Å²) in [5.74, 6) is 1.70. The zero-order valence-electron chi connectivity index (χ0n) is 13.1. The highest BCUT2D eigenvalue weighted by Crippen LogP contribution is 2.26. The fraction of sp³-hybridized carbons (Fsp3) is 0.353. The molecule has 0 aliphatic carbocycles. The van der Waals surface area contributed by atoms with Crippen LogP contribution in [0.3, 0.4) is 0 Å². The lowest BCUT2D eigenvalue weighted by Gasteiger charge is -2.08. The number of aliphatic hydroxyl groups excluding tert-OH is 1. The van der Waals surface area contributed by atoms with Crippen molar-refractivity contribution < 1.29 is 5.11 Å². The number of rotatable bonds is 4. The van der Waals surface area contributed by atoms with Gasteiger partial charge in [-0.3, -0.25) is 0 Å². The number of halogens is 1. The van der Waals surface area contributed by atoms with Crippen molar-refractivity contribution in [2.75, 3.05) is 5.75 Å². The Hall–Kier alpha value is -1.97. The van der Waals surface area contributed by atoms with Gasteiger partial charge in [0.2, 0.25) is 0 Å². The maximum absolute atomic E-state index is 10.4. The first-order valence-electron chi connectivity index (χ1n) is 7.82. The molecule has 5 nitrogen and oxygen atoms in total. The van der Waals surface area contributed by atoms with E-state index in [9.17, 15) is 10.4 Å². The van der Waals surface area contributed by atoms with Gasteiger partial charge in [0.05, 0.1) is 5.75 Å². The van der Waals surface area contributed by atoms with Crippen molar-refractivity contribution in [2.45, 2.75) is 37.1 Å². The minimum absolute atomic E-state index is 0.0249. The number of aryl methyl sites for hydroxylation is 1. The van der Waals surface area contributed by atoms with Crippen molar-refractivity contribution in [3.05, 3.63) is 46.7 Å². The first-order valence-corrected chi connectivity index (χ1v) is 9.18. The van der Waals surface area contributed by atoms with Gasteiger partial charge in [0, 0.05) is 22.9 Å². The van der Waals surface area contributed by atoms with Crippen LogP contribution < -0.4 is 0 Å². The normalized spacial score (nSPS) is 15.2. The van der Waals surface area contributed by atoms with Gasteiger partial charge < -0.3 is 9.67 Å². The molecule has 1 N–H and O–H groups in total. The lowest BCUT2D eigenvalue weighted by molar-refractivity contribution is 0.420. The van der Waals surface area contributed by atoms with Gasteiger partial charge in [-0.2, -0.15) is 5.26 Å². The van der Waals surface area contributed by atoms with Crippen LogP contribution in [0.5, 0.6) is 0 Å². The number of nitriles is 1. The van der Waals surface area contributed by atoms with E-state index >= 15 is 0 Å². The summed E-state index contributed by atoms with van der Waals surface area (Å²) in [5, 5.41) is 28.9. The van der Waals surface area contributed by atoms with Crippen LogP contribution in [0.2, 0.25) is 5.02 Å². The molecule has 24 heavy (non-hydrogen) atoms. The third kappa shape index (κ3) is 3.74. The van der Waals surface area contributed by atoms with Gasteiger partial charge in [-0.25, -0.2) is 0 Å². The van der Waals surface area contributed by atoms with Crippen LogP contribution in [0.25, 0.3) is 5.57 Å². The Bertz CT molecular complexity index is 792. The average molecular weight is 361 g/mol. The number of hydrogen-bond donors (Lipinski definition) is 1. The standard InChI is InChI=1S/C17H17ClN4OS/c18-12-5-7-13(8-6-12)24-11-15(23)14(10-19)17-21-20-16-4-2-1-3-9-22(16)17/h5-8,23H,1-4,9,11H2/b15-14-. The molecule has 1 aliphatic rings. The molecule has 1 aromatic carbocycles. The summed E-state index contributed by atoms with van der Waals surface area (Å²) in [5.41, 5.74) is 0.206. The molecule has 0 saturated carbocycles. The van der Waals surface area contributed by atoms with Crippen LogP contribution in [-0.4, -0.2) is 25.6 Å². The van der Waals surface area contributed by atoms with Crippen molar-refractivity contribution in [2.24, 2.45) is 0 Å². The number of benzene rings is 1. The number of hydrogen-bond acceptors (Lipinski definition) is 5.